The predicted octanol–water partition coefficient (Wildman–Crippen LogP) is 0.901. The number of carboxylic acid groups (broad SMARTS) is 1. The molecular formula is C14H27N3O4. The Balaban J connectivity index is 4.09. The van der Waals surface area contributed by atoms with Crippen LogP contribution in [0.15, 0.2) is 0 Å². The number of likely N-dealkylation sites (N-methyl/N-ethyl adjacent to an activating group) is 1. The maximum atomic E-state index is 11.7. The van der Waals surface area contributed by atoms with E-state index < -0.39 is 23.8 Å². The van der Waals surface area contributed by atoms with Gasteiger partial charge in [0.1, 0.15) is 0 Å². The highest BCUT2D eigenvalue weighted by Crippen LogP contribution is 2.00. The van der Waals surface area contributed by atoms with E-state index in [1.54, 1.807) is 11.8 Å². The van der Waals surface area contributed by atoms with E-state index in [2.05, 4.69) is 10.6 Å². The van der Waals surface area contributed by atoms with Crippen LogP contribution in [0.4, 0.5) is 4.79 Å². The van der Waals surface area contributed by atoms with E-state index in [-0.39, 0.29) is 13.1 Å². The molecule has 0 rings (SSSR count). The number of imide groups is 1. The van der Waals surface area contributed by atoms with Gasteiger partial charge in [-0.3, -0.25) is 19.8 Å². The molecule has 3 amide bonds. The van der Waals surface area contributed by atoms with Gasteiger partial charge < -0.3 is 10.4 Å². The molecule has 0 aliphatic rings. The largest absolute Gasteiger partial charge is 0.481 e. The number of carboxylic acids is 1. The molecule has 0 aliphatic carbocycles. The first-order valence-electron chi connectivity index (χ1n) is 7.29. The molecule has 0 aromatic heterocycles. The van der Waals surface area contributed by atoms with E-state index in [4.69, 9.17) is 5.11 Å². The Kier molecular flexibility index (Phi) is 9.36. The van der Waals surface area contributed by atoms with Gasteiger partial charge in [-0.25, -0.2) is 4.79 Å². The lowest BCUT2D eigenvalue weighted by Gasteiger charge is -2.21. The SMILES string of the molecule is CCN(CC(=O)NC(=O)NCCC(C)C)CC(C)C(=O)O. The summed E-state index contributed by atoms with van der Waals surface area (Å²) in [7, 11) is 0. The van der Waals surface area contributed by atoms with Gasteiger partial charge in [-0.15, -0.1) is 0 Å². The molecule has 0 heterocycles. The number of carbonyl (C=O) groups excluding carboxylic acids is 2. The molecule has 7 nitrogen and oxygen atoms in total. The number of hydrogen-bond acceptors (Lipinski definition) is 4. The maximum absolute atomic E-state index is 11.7. The van der Waals surface area contributed by atoms with E-state index in [9.17, 15) is 14.4 Å². The monoisotopic (exact) mass is 301 g/mol. The highest BCUT2D eigenvalue weighted by molar-refractivity contribution is 5.95. The van der Waals surface area contributed by atoms with E-state index in [0.717, 1.165) is 6.42 Å². The summed E-state index contributed by atoms with van der Waals surface area (Å²) in [6.07, 6.45) is 0.846. The Morgan fingerprint density at radius 1 is 1.19 bits per heavy atom. The van der Waals surface area contributed by atoms with Crippen molar-refractivity contribution in [3.8, 4) is 0 Å². The van der Waals surface area contributed by atoms with Crippen LogP contribution < -0.4 is 10.6 Å². The van der Waals surface area contributed by atoms with Gasteiger partial charge >= 0.3 is 12.0 Å². The van der Waals surface area contributed by atoms with Crippen molar-refractivity contribution in [1.29, 1.82) is 0 Å². The molecule has 0 fully saturated rings. The van der Waals surface area contributed by atoms with Crippen molar-refractivity contribution in [3.63, 3.8) is 0 Å². The van der Waals surface area contributed by atoms with Gasteiger partial charge in [0.25, 0.3) is 0 Å². The molecule has 21 heavy (non-hydrogen) atoms. The van der Waals surface area contributed by atoms with Crippen LogP contribution in [-0.2, 0) is 9.59 Å². The number of aliphatic carboxylic acids is 1. The molecule has 0 saturated heterocycles. The van der Waals surface area contributed by atoms with Crippen molar-refractivity contribution < 1.29 is 19.5 Å². The number of nitrogens with one attached hydrogen (secondary N) is 2. The van der Waals surface area contributed by atoms with Crippen LogP contribution >= 0.6 is 0 Å². The number of amides is 3. The fourth-order valence-corrected chi connectivity index (χ4v) is 1.66. The first kappa shape index (κ1) is 19.4. The van der Waals surface area contributed by atoms with Gasteiger partial charge in [0.05, 0.1) is 12.5 Å². The highest BCUT2D eigenvalue weighted by Gasteiger charge is 2.18. The number of urea groups is 1. The predicted molar refractivity (Wildman–Crippen MR) is 79.9 cm³/mol. The lowest BCUT2D eigenvalue weighted by atomic mass is 10.1. The molecule has 0 bridgehead atoms. The van der Waals surface area contributed by atoms with Crippen molar-refractivity contribution in [2.75, 3.05) is 26.2 Å². The van der Waals surface area contributed by atoms with Crippen molar-refractivity contribution >= 4 is 17.9 Å². The third kappa shape index (κ3) is 9.84. The minimum absolute atomic E-state index is 0.00568. The first-order chi connectivity index (χ1) is 9.76. The van der Waals surface area contributed by atoms with Crippen LogP contribution in [0.3, 0.4) is 0 Å². The second-order valence-electron chi connectivity index (χ2n) is 5.55. The Hall–Kier alpha value is -1.63. The molecule has 1 unspecified atom stereocenters. The summed E-state index contributed by atoms with van der Waals surface area (Å²) in [5.41, 5.74) is 0. The average molecular weight is 301 g/mol. The van der Waals surface area contributed by atoms with Crippen molar-refractivity contribution in [3.05, 3.63) is 0 Å². The van der Waals surface area contributed by atoms with Crippen LogP contribution in [0.5, 0.6) is 0 Å². The second kappa shape index (κ2) is 10.1. The van der Waals surface area contributed by atoms with Gasteiger partial charge in [0.2, 0.25) is 5.91 Å². The molecule has 3 N–H and O–H groups in total. The zero-order valence-electron chi connectivity index (χ0n) is 13.3. The number of hydrogen-bond donors (Lipinski definition) is 3. The minimum atomic E-state index is -0.903. The van der Waals surface area contributed by atoms with Crippen LogP contribution in [0.25, 0.3) is 0 Å². The zero-order chi connectivity index (χ0) is 16.4. The maximum Gasteiger partial charge on any atom is 0.321 e. The number of carbonyl (C=O) groups is 3. The normalized spacial score (nSPS) is 12.3. The van der Waals surface area contributed by atoms with Crippen LogP contribution in [0.2, 0.25) is 0 Å². The lowest BCUT2D eigenvalue weighted by molar-refractivity contribution is -0.142. The summed E-state index contributed by atoms with van der Waals surface area (Å²) in [5, 5.41) is 13.7. The molecule has 7 heteroatoms. The molecule has 0 aliphatic heterocycles. The van der Waals surface area contributed by atoms with Crippen LogP contribution in [0.1, 0.15) is 34.1 Å². The van der Waals surface area contributed by atoms with E-state index in [1.165, 1.54) is 0 Å². The quantitative estimate of drug-likeness (QED) is 0.588. The van der Waals surface area contributed by atoms with Gasteiger partial charge in [-0.1, -0.05) is 27.7 Å². The molecule has 0 saturated carbocycles. The third-order valence-electron chi connectivity index (χ3n) is 3.03. The lowest BCUT2D eigenvalue weighted by Crippen LogP contribution is -2.46. The topological polar surface area (TPSA) is 98.7 Å². The molecule has 0 aromatic rings. The summed E-state index contributed by atoms with van der Waals surface area (Å²) in [6, 6.07) is -0.511. The Morgan fingerprint density at radius 3 is 2.29 bits per heavy atom. The summed E-state index contributed by atoms with van der Waals surface area (Å²) in [5.74, 6) is -1.41. The second-order valence-corrected chi connectivity index (χ2v) is 5.55. The Morgan fingerprint density at radius 2 is 1.81 bits per heavy atom. The van der Waals surface area contributed by atoms with Crippen molar-refractivity contribution in [2.24, 2.45) is 11.8 Å². The van der Waals surface area contributed by atoms with Crippen molar-refractivity contribution in [1.82, 2.24) is 15.5 Å². The molecule has 0 aromatic carbocycles. The number of nitrogens with zero attached hydrogens (tertiary/aromatic N) is 1. The highest BCUT2D eigenvalue weighted by atomic mass is 16.4. The zero-order valence-corrected chi connectivity index (χ0v) is 13.3. The fraction of sp³-hybridized carbons (Fsp3) is 0.786. The van der Waals surface area contributed by atoms with Gasteiger partial charge in [-0.05, 0) is 18.9 Å². The summed E-state index contributed by atoms with van der Waals surface area (Å²) in [4.78, 5) is 35.7. The van der Waals surface area contributed by atoms with Crippen LogP contribution in [-0.4, -0.2) is 54.1 Å². The molecular weight excluding hydrogens is 274 g/mol. The number of rotatable bonds is 9. The Bertz CT molecular complexity index is 358. The standard InChI is InChI=1S/C14H27N3O4/c1-5-17(8-11(4)13(19)20)9-12(18)16-14(21)15-7-6-10(2)3/h10-11H,5-9H2,1-4H3,(H,19,20)(H2,15,16,18,21). The summed E-state index contributed by atoms with van der Waals surface area (Å²) in [6.45, 7) is 8.86. The molecule has 0 radical (unpaired) electrons. The van der Waals surface area contributed by atoms with Gasteiger partial charge in [-0.2, -0.15) is 0 Å². The van der Waals surface area contributed by atoms with Gasteiger partial charge in [0, 0.05) is 13.1 Å². The molecule has 122 valence electrons. The van der Waals surface area contributed by atoms with E-state index in [1.807, 2.05) is 20.8 Å². The van der Waals surface area contributed by atoms with E-state index >= 15 is 0 Å². The Labute approximate surface area is 126 Å². The average Bonchev–Trinajstić information content (AvgIpc) is 2.36. The summed E-state index contributed by atoms with van der Waals surface area (Å²) < 4.78 is 0. The minimum Gasteiger partial charge on any atom is -0.481 e. The van der Waals surface area contributed by atoms with Crippen molar-refractivity contribution in [2.45, 2.75) is 34.1 Å². The first-order valence-corrected chi connectivity index (χ1v) is 7.29. The van der Waals surface area contributed by atoms with E-state index in [0.29, 0.717) is 19.0 Å². The fourth-order valence-electron chi connectivity index (χ4n) is 1.66. The van der Waals surface area contributed by atoms with Crippen LogP contribution in [0, 0.1) is 11.8 Å². The smallest absolute Gasteiger partial charge is 0.321 e. The molecule has 1 atom stereocenters. The third-order valence-corrected chi connectivity index (χ3v) is 3.03. The van der Waals surface area contributed by atoms with Gasteiger partial charge in [0.15, 0.2) is 0 Å². The molecule has 0 spiro atoms. The summed E-state index contributed by atoms with van der Waals surface area (Å²) >= 11 is 0.